The molecule has 0 aliphatic carbocycles. The second-order valence-corrected chi connectivity index (χ2v) is 9.98. The van der Waals surface area contributed by atoms with E-state index in [0.29, 0.717) is 50.0 Å². The molecule has 0 bridgehead atoms. The van der Waals surface area contributed by atoms with Gasteiger partial charge in [0.25, 0.3) is 5.88 Å². The third kappa shape index (κ3) is 6.02. The van der Waals surface area contributed by atoms with Crippen LogP contribution in [0.5, 0.6) is 11.6 Å². The average molecular weight is 591 g/mol. The summed E-state index contributed by atoms with van der Waals surface area (Å²) in [7, 11) is 0. The number of carbonyl (C=O) groups is 1. The first-order valence-corrected chi connectivity index (χ1v) is 12.9. The number of aromatic nitrogens is 2. The van der Waals surface area contributed by atoms with Crippen molar-refractivity contribution in [3.05, 3.63) is 117 Å². The highest BCUT2D eigenvalue weighted by atomic mass is 127. The summed E-state index contributed by atoms with van der Waals surface area (Å²) >= 11 is 2.29. The molecule has 1 aliphatic rings. The third-order valence-electron chi connectivity index (χ3n) is 6.19. The fraction of sp³-hybridized carbons (Fsp3) is 0.207. The van der Waals surface area contributed by atoms with Crippen molar-refractivity contribution in [2.24, 2.45) is 0 Å². The molecule has 6 nitrogen and oxygen atoms in total. The Morgan fingerprint density at radius 2 is 1.47 bits per heavy atom. The van der Waals surface area contributed by atoms with Crippen LogP contribution in [0.3, 0.4) is 0 Å². The Kier molecular flexibility index (Phi) is 7.76. The molecule has 1 aliphatic heterocycles. The molecular formula is C29H26IN3O3. The number of benzene rings is 3. The van der Waals surface area contributed by atoms with Crippen LogP contribution in [0.15, 0.2) is 91.3 Å². The summed E-state index contributed by atoms with van der Waals surface area (Å²) in [4.78, 5) is 23.6. The van der Waals surface area contributed by atoms with E-state index in [-0.39, 0.29) is 11.8 Å². The van der Waals surface area contributed by atoms with Gasteiger partial charge in [-0.3, -0.25) is 4.79 Å². The average Bonchev–Trinajstić information content (AvgIpc) is 3.28. The number of amides is 1. The summed E-state index contributed by atoms with van der Waals surface area (Å²) in [5, 5.41) is 0. The van der Waals surface area contributed by atoms with Gasteiger partial charge < -0.3 is 14.4 Å². The van der Waals surface area contributed by atoms with Crippen LogP contribution in [0.2, 0.25) is 0 Å². The molecule has 0 N–H and O–H groups in total. The van der Waals surface area contributed by atoms with Gasteiger partial charge in [-0.1, -0.05) is 72.8 Å². The molecular weight excluding hydrogens is 565 g/mol. The van der Waals surface area contributed by atoms with Gasteiger partial charge in [-0.2, -0.15) is 4.98 Å². The minimum atomic E-state index is 0.109. The van der Waals surface area contributed by atoms with Crippen LogP contribution < -0.4 is 9.47 Å². The van der Waals surface area contributed by atoms with Crippen LogP contribution in [0.1, 0.15) is 34.7 Å². The Morgan fingerprint density at radius 3 is 2.14 bits per heavy atom. The first-order valence-electron chi connectivity index (χ1n) is 11.9. The molecule has 1 unspecified atom stereocenters. The molecule has 1 fully saturated rings. The zero-order valence-corrected chi connectivity index (χ0v) is 21.9. The van der Waals surface area contributed by atoms with Crippen LogP contribution in [0.25, 0.3) is 0 Å². The number of rotatable bonds is 9. The maximum atomic E-state index is 12.9. The van der Waals surface area contributed by atoms with Gasteiger partial charge in [-0.15, -0.1) is 0 Å². The smallest absolute Gasteiger partial charge is 0.260 e. The second kappa shape index (κ2) is 11.5. The molecule has 1 atom stereocenters. The van der Waals surface area contributed by atoms with E-state index in [9.17, 15) is 4.79 Å². The zero-order valence-electron chi connectivity index (χ0n) is 19.7. The van der Waals surface area contributed by atoms with Gasteiger partial charge in [-0.05, 0) is 51.4 Å². The number of hydrogen-bond acceptors (Lipinski definition) is 5. The van der Waals surface area contributed by atoms with E-state index in [1.807, 2.05) is 65.6 Å². The Morgan fingerprint density at radius 1 is 0.833 bits per heavy atom. The fourth-order valence-electron chi connectivity index (χ4n) is 4.27. The lowest BCUT2D eigenvalue weighted by molar-refractivity contribution is -0.128. The molecule has 182 valence electrons. The number of nitrogens with zero attached hydrogens (tertiary/aromatic N) is 3. The molecule has 5 rings (SSSR count). The normalized spacial score (nSPS) is 15.2. The summed E-state index contributed by atoms with van der Waals surface area (Å²) in [6.45, 7) is 1.69. The monoisotopic (exact) mass is 591 g/mol. The predicted octanol–water partition coefficient (Wildman–Crippen LogP) is 5.76. The fourth-order valence-corrected chi connectivity index (χ4v) is 4.63. The highest BCUT2D eigenvalue weighted by Gasteiger charge is 2.32. The summed E-state index contributed by atoms with van der Waals surface area (Å²) in [6.07, 6.45) is 1.96. The molecule has 1 aromatic heterocycles. The lowest BCUT2D eigenvalue weighted by atomic mass is 9.99. The van der Waals surface area contributed by atoms with E-state index in [4.69, 9.17) is 9.47 Å². The minimum Gasteiger partial charge on any atom is -0.482 e. The van der Waals surface area contributed by atoms with Crippen molar-refractivity contribution < 1.29 is 14.3 Å². The Hall–Kier alpha value is -3.46. The first kappa shape index (κ1) is 24.2. The number of ether oxygens (including phenoxy) is 2. The van der Waals surface area contributed by atoms with Crippen molar-refractivity contribution >= 4 is 28.5 Å². The number of halogens is 1. The topological polar surface area (TPSA) is 64.6 Å². The van der Waals surface area contributed by atoms with Crippen molar-refractivity contribution in [2.75, 3.05) is 6.54 Å². The molecule has 3 aromatic carbocycles. The van der Waals surface area contributed by atoms with Crippen molar-refractivity contribution in [1.82, 2.24) is 14.9 Å². The zero-order chi connectivity index (χ0) is 24.7. The quantitative estimate of drug-likeness (QED) is 0.232. The van der Waals surface area contributed by atoms with Crippen LogP contribution in [-0.4, -0.2) is 27.3 Å². The van der Waals surface area contributed by atoms with Gasteiger partial charge in [0.1, 0.15) is 25.2 Å². The summed E-state index contributed by atoms with van der Waals surface area (Å²) in [6, 6.07) is 28.2. The Bertz CT molecular complexity index is 1300. The first-order chi connectivity index (χ1) is 17.7. The largest absolute Gasteiger partial charge is 0.482 e. The summed E-state index contributed by atoms with van der Waals surface area (Å²) in [5.74, 6) is 1.13. The highest BCUT2D eigenvalue weighted by molar-refractivity contribution is 14.1. The maximum absolute atomic E-state index is 12.9. The Balaban J connectivity index is 1.36. The van der Waals surface area contributed by atoms with E-state index in [2.05, 4.69) is 56.8 Å². The van der Waals surface area contributed by atoms with Gasteiger partial charge in [0.15, 0.2) is 0 Å². The summed E-state index contributed by atoms with van der Waals surface area (Å²) < 4.78 is 13.5. The van der Waals surface area contributed by atoms with Gasteiger partial charge in [0, 0.05) is 22.5 Å². The number of hydrogen-bond donors (Lipinski definition) is 0. The third-order valence-corrected chi connectivity index (χ3v) is 6.90. The molecule has 0 spiro atoms. The van der Waals surface area contributed by atoms with Crippen LogP contribution in [-0.2, 0) is 24.6 Å². The van der Waals surface area contributed by atoms with Crippen molar-refractivity contribution in [2.45, 2.75) is 32.1 Å². The van der Waals surface area contributed by atoms with Crippen molar-refractivity contribution in [3.63, 3.8) is 0 Å². The van der Waals surface area contributed by atoms with Crippen molar-refractivity contribution in [3.8, 4) is 11.6 Å². The van der Waals surface area contributed by atoms with E-state index in [1.165, 1.54) is 15.5 Å². The van der Waals surface area contributed by atoms with Crippen LogP contribution >= 0.6 is 22.6 Å². The Labute approximate surface area is 224 Å². The van der Waals surface area contributed by atoms with Crippen molar-refractivity contribution in [1.29, 1.82) is 0 Å². The second-order valence-electron chi connectivity index (χ2n) is 8.73. The van der Waals surface area contributed by atoms with E-state index in [0.717, 1.165) is 11.1 Å². The molecule has 36 heavy (non-hydrogen) atoms. The highest BCUT2D eigenvalue weighted by Crippen LogP contribution is 2.34. The molecule has 1 saturated heterocycles. The molecule has 1 amide bonds. The molecule has 4 aromatic rings. The molecule has 2 heterocycles. The number of carbonyl (C=O) groups excluding carboxylic acids is 1. The van der Waals surface area contributed by atoms with Gasteiger partial charge in [0.05, 0.1) is 6.54 Å². The summed E-state index contributed by atoms with van der Waals surface area (Å²) in [5.41, 5.74) is 3.88. The lowest BCUT2D eigenvalue weighted by Crippen LogP contribution is -2.25. The number of likely N-dealkylation sites (tertiary alicyclic amines) is 1. The van der Waals surface area contributed by atoms with Crippen LogP contribution in [0, 0.1) is 3.57 Å². The van der Waals surface area contributed by atoms with Crippen LogP contribution in [0.4, 0.5) is 0 Å². The SMILES string of the molecule is O=C1CC(c2ccc(I)cc2)CN1Cc1ncnc(OCc2ccccc2)c1OCc1ccccc1. The minimum absolute atomic E-state index is 0.109. The standard InChI is InChI=1S/C29H26IN3O3/c30-25-13-11-23(12-14-25)24-15-27(34)33(16-24)17-26-28(35-18-21-7-3-1-4-8-21)29(32-20-31-26)36-19-22-9-5-2-6-10-22/h1-14,20,24H,15-19H2. The van der Waals surface area contributed by atoms with E-state index < -0.39 is 0 Å². The molecule has 0 radical (unpaired) electrons. The predicted molar refractivity (Wildman–Crippen MR) is 146 cm³/mol. The van der Waals surface area contributed by atoms with Gasteiger partial charge in [0.2, 0.25) is 11.7 Å². The molecule has 0 saturated carbocycles. The van der Waals surface area contributed by atoms with Gasteiger partial charge in [-0.25, -0.2) is 4.98 Å². The van der Waals surface area contributed by atoms with Gasteiger partial charge >= 0.3 is 0 Å². The maximum Gasteiger partial charge on any atom is 0.260 e. The van der Waals surface area contributed by atoms with E-state index in [1.54, 1.807) is 0 Å². The van der Waals surface area contributed by atoms with E-state index >= 15 is 0 Å². The lowest BCUT2D eigenvalue weighted by Gasteiger charge is -2.20. The molecule has 7 heteroatoms.